The summed E-state index contributed by atoms with van der Waals surface area (Å²) in [6, 6.07) is 13.8. The van der Waals surface area contributed by atoms with Gasteiger partial charge in [0.15, 0.2) is 6.61 Å². The van der Waals surface area contributed by atoms with Crippen molar-refractivity contribution >= 4 is 22.4 Å². The van der Waals surface area contributed by atoms with Crippen LogP contribution in [0.1, 0.15) is 16.7 Å². The molecule has 1 N–H and O–H groups in total. The zero-order valence-electron chi connectivity index (χ0n) is 14.4. The number of benzene rings is 2. The zero-order valence-corrected chi connectivity index (χ0v) is 15.2. The van der Waals surface area contributed by atoms with Crippen LogP contribution in [0.3, 0.4) is 0 Å². The summed E-state index contributed by atoms with van der Waals surface area (Å²) < 4.78 is 5.52. The summed E-state index contributed by atoms with van der Waals surface area (Å²) in [5.74, 6) is 0.417. The van der Waals surface area contributed by atoms with Crippen LogP contribution in [-0.4, -0.2) is 22.7 Å². The van der Waals surface area contributed by atoms with Gasteiger partial charge in [0.05, 0.1) is 0 Å². The molecule has 128 valence electrons. The average Bonchev–Trinajstić information content (AvgIpc) is 3.05. The third kappa shape index (κ3) is 4.42. The molecule has 1 amide bonds. The Morgan fingerprint density at radius 1 is 1.04 bits per heavy atom. The highest BCUT2D eigenvalue weighted by atomic mass is 32.1. The molecular weight excluding hydrogens is 334 g/mol. The number of amides is 1. The van der Waals surface area contributed by atoms with Crippen molar-refractivity contribution in [3.05, 3.63) is 59.2 Å². The van der Waals surface area contributed by atoms with Crippen LogP contribution in [0.5, 0.6) is 5.75 Å². The van der Waals surface area contributed by atoms with Crippen molar-refractivity contribution in [1.29, 1.82) is 0 Å². The third-order valence-corrected chi connectivity index (χ3v) is 4.71. The van der Waals surface area contributed by atoms with E-state index in [9.17, 15) is 4.79 Å². The van der Waals surface area contributed by atoms with Gasteiger partial charge in [0, 0.05) is 5.56 Å². The number of nitrogens with one attached hydrogen (secondary N) is 1. The first kappa shape index (κ1) is 17.1. The van der Waals surface area contributed by atoms with Gasteiger partial charge < -0.3 is 4.74 Å². The molecule has 25 heavy (non-hydrogen) atoms. The van der Waals surface area contributed by atoms with Crippen LogP contribution >= 0.6 is 11.3 Å². The second kappa shape index (κ2) is 7.44. The number of hydrogen-bond donors (Lipinski definition) is 1. The molecule has 3 aromatic rings. The minimum atomic E-state index is -0.259. The summed E-state index contributed by atoms with van der Waals surface area (Å²) >= 11 is 1.34. The van der Waals surface area contributed by atoms with Gasteiger partial charge in [-0.05, 0) is 44.0 Å². The molecule has 1 heterocycles. The predicted octanol–water partition coefficient (Wildman–Crippen LogP) is 4.15. The smallest absolute Gasteiger partial charge is 0.264 e. The summed E-state index contributed by atoms with van der Waals surface area (Å²) in [7, 11) is 0. The number of hydrogen-bond acceptors (Lipinski definition) is 5. The molecule has 0 spiro atoms. The lowest BCUT2D eigenvalue weighted by molar-refractivity contribution is -0.118. The van der Waals surface area contributed by atoms with E-state index in [1.165, 1.54) is 22.5 Å². The lowest BCUT2D eigenvalue weighted by atomic mass is 10.1. The Kier molecular flexibility index (Phi) is 5.09. The summed E-state index contributed by atoms with van der Waals surface area (Å²) in [5.41, 5.74) is 4.49. The minimum absolute atomic E-state index is 0.0675. The second-order valence-corrected chi connectivity index (χ2v) is 6.84. The van der Waals surface area contributed by atoms with Gasteiger partial charge >= 0.3 is 0 Å². The molecule has 6 heteroatoms. The van der Waals surface area contributed by atoms with Gasteiger partial charge in [-0.15, -0.1) is 10.2 Å². The van der Waals surface area contributed by atoms with Crippen molar-refractivity contribution in [2.75, 3.05) is 11.9 Å². The van der Waals surface area contributed by atoms with E-state index in [4.69, 9.17) is 4.74 Å². The summed E-state index contributed by atoms with van der Waals surface area (Å²) in [5, 5.41) is 12.1. The number of nitrogens with zero attached hydrogens (tertiary/aromatic N) is 2. The van der Waals surface area contributed by atoms with Crippen molar-refractivity contribution in [2.45, 2.75) is 20.8 Å². The first-order valence-electron chi connectivity index (χ1n) is 7.92. The lowest BCUT2D eigenvalue weighted by Gasteiger charge is -2.07. The van der Waals surface area contributed by atoms with Gasteiger partial charge in [-0.2, -0.15) is 0 Å². The summed E-state index contributed by atoms with van der Waals surface area (Å²) in [4.78, 5) is 12.0. The van der Waals surface area contributed by atoms with Crippen LogP contribution in [0.2, 0.25) is 0 Å². The van der Waals surface area contributed by atoms with Crippen LogP contribution < -0.4 is 10.1 Å². The van der Waals surface area contributed by atoms with Gasteiger partial charge in [-0.25, -0.2) is 0 Å². The average molecular weight is 353 g/mol. The van der Waals surface area contributed by atoms with Crippen molar-refractivity contribution in [3.63, 3.8) is 0 Å². The normalized spacial score (nSPS) is 10.5. The van der Waals surface area contributed by atoms with Gasteiger partial charge in [-0.1, -0.05) is 47.2 Å². The van der Waals surface area contributed by atoms with E-state index in [0.717, 1.165) is 16.1 Å². The Bertz CT molecular complexity index is 888. The van der Waals surface area contributed by atoms with Gasteiger partial charge in [-0.3, -0.25) is 10.1 Å². The van der Waals surface area contributed by atoms with Crippen molar-refractivity contribution in [1.82, 2.24) is 10.2 Å². The molecule has 0 fully saturated rings. The summed E-state index contributed by atoms with van der Waals surface area (Å²) in [6.07, 6.45) is 0. The van der Waals surface area contributed by atoms with E-state index in [0.29, 0.717) is 10.9 Å². The van der Waals surface area contributed by atoms with Crippen LogP contribution in [-0.2, 0) is 4.79 Å². The van der Waals surface area contributed by atoms with Crippen LogP contribution in [0.15, 0.2) is 42.5 Å². The monoisotopic (exact) mass is 353 g/mol. The number of carbonyl (C=O) groups is 1. The van der Waals surface area contributed by atoms with E-state index in [1.54, 1.807) is 0 Å². The fourth-order valence-electron chi connectivity index (χ4n) is 2.19. The number of ether oxygens (including phenoxy) is 1. The van der Waals surface area contributed by atoms with E-state index in [1.807, 2.05) is 63.2 Å². The zero-order chi connectivity index (χ0) is 17.8. The van der Waals surface area contributed by atoms with Crippen LogP contribution in [0.25, 0.3) is 10.6 Å². The SMILES string of the molecule is Cc1ccc(-c2nnc(NC(=O)COc3ccc(C)c(C)c3)s2)cc1. The van der Waals surface area contributed by atoms with Crippen LogP contribution in [0.4, 0.5) is 5.13 Å². The standard InChI is InChI=1S/C19H19N3O2S/c1-12-4-7-15(8-5-12)18-21-22-19(25-18)20-17(23)11-24-16-9-6-13(2)14(3)10-16/h4-10H,11H2,1-3H3,(H,20,22,23). The maximum atomic E-state index is 12.0. The Balaban J connectivity index is 1.58. The van der Waals surface area contributed by atoms with Crippen molar-refractivity contribution < 1.29 is 9.53 Å². The number of aromatic nitrogens is 2. The third-order valence-electron chi connectivity index (χ3n) is 3.82. The summed E-state index contributed by atoms with van der Waals surface area (Å²) in [6.45, 7) is 6.01. The molecule has 0 bridgehead atoms. The molecule has 0 aliphatic rings. The van der Waals surface area contributed by atoms with Gasteiger partial charge in [0.1, 0.15) is 10.8 Å². The molecule has 0 unspecified atom stereocenters. The lowest BCUT2D eigenvalue weighted by Crippen LogP contribution is -2.20. The molecule has 5 nitrogen and oxygen atoms in total. The Morgan fingerprint density at radius 3 is 2.52 bits per heavy atom. The largest absolute Gasteiger partial charge is 0.484 e. The maximum absolute atomic E-state index is 12.0. The molecule has 0 radical (unpaired) electrons. The molecule has 3 rings (SSSR count). The van der Waals surface area contributed by atoms with Gasteiger partial charge in [0.25, 0.3) is 5.91 Å². The van der Waals surface area contributed by atoms with Crippen molar-refractivity contribution in [3.8, 4) is 16.3 Å². The molecule has 1 aromatic heterocycles. The van der Waals surface area contributed by atoms with E-state index >= 15 is 0 Å². The first-order valence-corrected chi connectivity index (χ1v) is 8.73. The molecule has 0 aliphatic heterocycles. The van der Waals surface area contributed by atoms with Crippen LogP contribution in [0, 0.1) is 20.8 Å². The second-order valence-electron chi connectivity index (χ2n) is 5.86. The molecule has 0 saturated heterocycles. The fraction of sp³-hybridized carbons (Fsp3) is 0.211. The maximum Gasteiger partial charge on any atom is 0.264 e. The van der Waals surface area contributed by atoms with E-state index in [-0.39, 0.29) is 12.5 Å². The number of rotatable bonds is 5. The Morgan fingerprint density at radius 2 is 1.80 bits per heavy atom. The highest BCUT2D eigenvalue weighted by Crippen LogP contribution is 2.26. The highest BCUT2D eigenvalue weighted by Gasteiger charge is 2.10. The fourth-order valence-corrected chi connectivity index (χ4v) is 2.96. The first-order chi connectivity index (χ1) is 12.0. The number of carbonyl (C=O) groups excluding carboxylic acids is 1. The molecule has 0 atom stereocenters. The molecule has 0 aliphatic carbocycles. The van der Waals surface area contributed by atoms with E-state index in [2.05, 4.69) is 15.5 Å². The van der Waals surface area contributed by atoms with E-state index < -0.39 is 0 Å². The number of aryl methyl sites for hydroxylation is 3. The Labute approximate surface area is 150 Å². The highest BCUT2D eigenvalue weighted by molar-refractivity contribution is 7.18. The predicted molar refractivity (Wildman–Crippen MR) is 100 cm³/mol. The topological polar surface area (TPSA) is 64.1 Å². The van der Waals surface area contributed by atoms with Crippen molar-refractivity contribution in [2.24, 2.45) is 0 Å². The quantitative estimate of drug-likeness (QED) is 0.748. The minimum Gasteiger partial charge on any atom is -0.484 e. The molecule has 0 saturated carbocycles. The Hall–Kier alpha value is -2.73. The molecule has 2 aromatic carbocycles. The number of anilines is 1. The molecular formula is C19H19N3O2S. The van der Waals surface area contributed by atoms with Gasteiger partial charge in [0.2, 0.25) is 5.13 Å².